The molecule has 0 fully saturated rings. The van der Waals surface area contributed by atoms with Crippen molar-refractivity contribution < 1.29 is 13.9 Å². The Morgan fingerprint density at radius 2 is 2.24 bits per heavy atom. The van der Waals surface area contributed by atoms with Crippen LogP contribution >= 0.6 is 0 Å². The van der Waals surface area contributed by atoms with Gasteiger partial charge in [0.05, 0.1) is 25.0 Å². The molecule has 21 heavy (non-hydrogen) atoms. The number of carbonyl (C=O) groups excluding carboxylic acids is 1. The molecule has 0 amide bonds. The molecule has 1 N–H and O–H groups in total. The smallest absolute Gasteiger partial charge is 0.337 e. The van der Waals surface area contributed by atoms with Gasteiger partial charge >= 0.3 is 5.97 Å². The van der Waals surface area contributed by atoms with E-state index in [4.69, 9.17) is 9.15 Å². The third-order valence-electron chi connectivity index (χ3n) is 4.03. The number of rotatable bonds is 3. The number of ether oxygens (including phenoxy) is 1. The summed E-state index contributed by atoms with van der Waals surface area (Å²) in [5, 5.41) is 3.56. The predicted molar refractivity (Wildman–Crippen MR) is 80.5 cm³/mol. The number of hydrogen-bond acceptors (Lipinski definition) is 4. The standard InChI is InChI=1S/C17H19NO3/c1-11-10-12(17(19)20-2)6-7-14(11)18-15-4-3-5-16-13(15)8-9-21-16/h6-10,15,18H,3-5H2,1-2H3. The van der Waals surface area contributed by atoms with E-state index in [1.54, 1.807) is 12.3 Å². The molecular weight excluding hydrogens is 266 g/mol. The van der Waals surface area contributed by atoms with Crippen molar-refractivity contribution in [3.05, 3.63) is 53.0 Å². The van der Waals surface area contributed by atoms with Crippen LogP contribution in [0.5, 0.6) is 0 Å². The predicted octanol–water partition coefficient (Wildman–Crippen LogP) is 3.86. The van der Waals surface area contributed by atoms with E-state index < -0.39 is 0 Å². The average molecular weight is 285 g/mol. The quantitative estimate of drug-likeness (QED) is 0.870. The summed E-state index contributed by atoms with van der Waals surface area (Å²) in [6.07, 6.45) is 4.99. The van der Waals surface area contributed by atoms with Crippen molar-refractivity contribution in [2.45, 2.75) is 32.2 Å². The highest BCUT2D eigenvalue weighted by Crippen LogP contribution is 2.34. The number of hydrogen-bond donors (Lipinski definition) is 1. The van der Waals surface area contributed by atoms with Crippen molar-refractivity contribution >= 4 is 11.7 Å². The van der Waals surface area contributed by atoms with Gasteiger partial charge in [0.2, 0.25) is 0 Å². The normalized spacial score (nSPS) is 17.1. The number of furan rings is 1. The average Bonchev–Trinajstić information content (AvgIpc) is 2.98. The summed E-state index contributed by atoms with van der Waals surface area (Å²) in [5.41, 5.74) is 3.90. The summed E-state index contributed by atoms with van der Waals surface area (Å²) < 4.78 is 10.3. The minimum atomic E-state index is -0.306. The Morgan fingerprint density at radius 3 is 3.00 bits per heavy atom. The second kappa shape index (κ2) is 5.64. The van der Waals surface area contributed by atoms with Crippen LogP contribution in [0, 0.1) is 6.92 Å². The lowest BCUT2D eigenvalue weighted by molar-refractivity contribution is 0.0600. The summed E-state index contributed by atoms with van der Waals surface area (Å²) in [6.45, 7) is 1.99. The van der Waals surface area contributed by atoms with Crippen LogP contribution in [0.25, 0.3) is 0 Å². The maximum Gasteiger partial charge on any atom is 0.337 e. The Hall–Kier alpha value is -2.23. The van der Waals surface area contributed by atoms with Gasteiger partial charge in [-0.25, -0.2) is 4.79 Å². The molecule has 0 saturated heterocycles. The molecule has 0 spiro atoms. The number of carbonyl (C=O) groups is 1. The highest BCUT2D eigenvalue weighted by Gasteiger charge is 2.22. The van der Waals surface area contributed by atoms with Crippen LogP contribution in [0.1, 0.15) is 46.1 Å². The van der Waals surface area contributed by atoms with Crippen LogP contribution in [0.2, 0.25) is 0 Å². The zero-order chi connectivity index (χ0) is 14.8. The van der Waals surface area contributed by atoms with Crippen LogP contribution in [-0.2, 0) is 11.2 Å². The topological polar surface area (TPSA) is 51.5 Å². The minimum Gasteiger partial charge on any atom is -0.469 e. The van der Waals surface area contributed by atoms with Crippen LogP contribution in [0.4, 0.5) is 5.69 Å². The number of benzene rings is 1. The Labute approximate surface area is 124 Å². The molecule has 2 aromatic rings. The summed E-state index contributed by atoms with van der Waals surface area (Å²) >= 11 is 0. The molecule has 1 aliphatic carbocycles. The van der Waals surface area contributed by atoms with E-state index in [0.29, 0.717) is 5.56 Å². The first-order chi connectivity index (χ1) is 10.2. The van der Waals surface area contributed by atoms with Gasteiger partial charge < -0.3 is 14.5 Å². The monoisotopic (exact) mass is 285 g/mol. The molecule has 0 saturated carbocycles. The van der Waals surface area contributed by atoms with Gasteiger partial charge in [-0.3, -0.25) is 0 Å². The fraction of sp³-hybridized carbons (Fsp3) is 0.353. The van der Waals surface area contributed by atoms with Gasteiger partial charge in [-0.2, -0.15) is 0 Å². The number of nitrogens with one attached hydrogen (secondary N) is 1. The van der Waals surface area contributed by atoms with E-state index in [9.17, 15) is 4.79 Å². The fourth-order valence-electron chi connectivity index (χ4n) is 2.89. The number of aryl methyl sites for hydroxylation is 2. The van der Waals surface area contributed by atoms with Gasteiger partial charge in [0.25, 0.3) is 0 Å². The third-order valence-corrected chi connectivity index (χ3v) is 4.03. The van der Waals surface area contributed by atoms with Gasteiger partial charge in [-0.1, -0.05) is 0 Å². The second-order valence-corrected chi connectivity index (χ2v) is 5.41. The van der Waals surface area contributed by atoms with E-state index in [2.05, 4.69) is 5.32 Å². The first-order valence-corrected chi connectivity index (χ1v) is 7.21. The van der Waals surface area contributed by atoms with E-state index in [-0.39, 0.29) is 12.0 Å². The Balaban J connectivity index is 1.82. The first-order valence-electron chi connectivity index (χ1n) is 7.21. The highest BCUT2D eigenvalue weighted by atomic mass is 16.5. The molecule has 1 unspecified atom stereocenters. The lowest BCUT2D eigenvalue weighted by atomic mass is 9.93. The van der Waals surface area contributed by atoms with E-state index >= 15 is 0 Å². The fourth-order valence-corrected chi connectivity index (χ4v) is 2.89. The molecule has 0 bridgehead atoms. The SMILES string of the molecule is COC(=O)c1ccc(NC2CCCc3occc32)c(C)c1. The Kier molecular flexibility index (Phi) is 3.69. The summed E-state index contributed by atoms with van der Waals surface area (Å²) in [4.78, 5) is 11.5. The maximum atomic E-state index is 11.5. The van der Waals surface area contributed by atoms with Crippen molar-refractivity contribution in [3.8, 4) is 0 Å². The van der Waals surface area contributed by atoms with Crippen LogP contribution < -0.4 is 5.32 Å². The molecule has 0 aliphatic heterocycles. The van der Waals surface area contributed by atoms with Crippen LogP contribution in [0.3, 0.4) is 0 Å². The largest absolute Gasteiger partial charge is 0.469 e. The number of fused-ring (bicyclic) bond motifs is 1. The van der Waals surface area contributed by atoms with Crippen molar-refractivity contribution in [1.82, 2.24) is 0 Å². The second-order valence-electron chi connectivity index (χ2n) is 5.41. The number of esters is 1. The zero-order valence-corrected chi connectivity index (χ0v) is 12.3. The molecule has 1 aromatic heterocycles. The van der Waals surface area contributed by atoms with E-state index in [0.717, 1.165) is 36.3 Å². The van der Waals surface area contributed by atoms with Crippen molar-refractivity contribution in [2.24, 2.45) is 0 Å². The molecule has 1 aliphatic rings. The minimum absolute atomic E-state index is 0.273. The Bertz CT molecular complexity index is 660. The summed E-state index contributed by atoms with van der Waals surface area (Å²) in [6, 6.07) is 7.91. The highest BCUT2D eigenvalue weighted by molar-refractivity contribution is 5.90. The molecule has 3 rings (SSSR count). The van der Waals surface area contributed by atoms with Gasteiger partial charge in [-0.05, 0) is 49.6 Å². The maximum absolute atomic E-state index is 11.5. The molecule has 1 aromatic carbocycles. The molecule has 110 valence electrons. The molecule has 1 heterocycles. The van der Waals surface area contributed by atoms with E-state index in [1.165, 1.54) is 12.7 Å². The Morgan fingerprint density at radius 1 is 1.38 bits per heavy atom. The van der Waals surface area contributed by atoms with Gasteiger partial charge in [0, 0.05) is 17.7 Å². The van der Waals surface area contributed by atoms with Crippen molar-refractivity contribution in [1.29, 1.82) is 0 Å². The van der Waals surface area contributed by atoms with Gasteiger partial charge in [0.15, 0.2) is 0 Å². The summed E-state index contributed by atoms with van der Waals surface area (Å²) in [7, 11) is 1.40. The molecule has 4 nitrogen and oxygen atoms in total. The number of methoxy groups -OCH3 is 1. The molecular formula is C17H19NO3. The van der Waals surface area contributed by atoms with Crippen LogP contribution in [-0.4, -0.2) is 13.1 Å². The van der Waals surface area contributed by atoms with E-state index in [1.807, 2.05) is 25.1 Å². The van der Waals surface area contributed by atoms with Crippen molar-refractivity contribution in [3.63, 3.8) is 0 Å². The third kappa shape index (κ3) is 2.66. The zero-order valence-electron chi connectivity index (χ0n) is 12.3. The molecule has 0 radical (unpaired) electrons. The van der Waals surface area contributed by atoms with Gasteiger partial charge in [-0.15, -0.1) is 0 Å². The lowest BCUT2D eigenvalue weighted by Gasteiger charge is -2.24. The van der Waals surface area contributed by atoms with Gasteiger partial charge in [0.1, 0.15) is 5.76 Å². The van der Waals surface area contributed by atoms with Crippen LogP contribution in [0.15, 0.2) is 34.9 Å². The first kappa shape index (κ1) is 13.7. The molecule has 1 atom stereocenters. The summed E-state index contributed by atoms with van der Waals surface area (Å²) in [5.74, 6) is 0.780. The lowest BCUT2D eigenvalue weighted by Crippen LogP contribution is -2.16. The number of anilines is 1. The molecule has 4 heteroatoms. The van der Waals surface area contributed by atoms with Crippen molar-refractivity contribution in [2.75, 3.05) is 12.4 Å².